The largest absolute Gasteiger partial charge is 0.496 e. The van der Waals surface area contributed by atoms with Gasteiger partial charge in [0.1, 0.15) is 23.4 Å². The van der Waals surface area contributed by atoms with E-state index in [0.29, 0.717) is 29.4 Å². The van der Waals surface area contributed by atoms with Gasteiger partial charge in [0.05, 0.1) is 25.0 Å². The van der Waals surface area contributed by atoms with Crippen LogP contribution in [0.25, 0.3) is 0 Å². The van der Waals surface area contributed by atoms with Crippen LogP contribution in [0.4, 0.5) is 5.69 Å². The fraction of sp³-hybridized carbons (Fsp3) is 0.316. The fourth-order valence-corrected chi connectivity index (χ4v) is 2.83. The summed E-state index contributed by atoms with van der Waals surface area (Å²) in [5.74, 6) is 1.72. The van der Waals surface area contributed by atoms with Crippen molar-refractivity contribution in [3.63, 3.8) is 0 Å². The van der Waals surface area contributed by atoms with Gasteiger partial charge >= 0.3 is 0 Å². The molecule has 1 atom stereocenters. The number of methoxy groups -OCH3 is 1. The van der Waals surface area contributed by atoms with E-state index in [0.717, 1.165) is 17.7 Å². The summed E-state index contributed by atoms with van der Waals surface area (Å²) in [6.07, 6.45) is 0.977. The van der Waals surface area contributed by atoms with E-state index in [1.807, 2.05) is 32.0 Å². The van der Waals surface area contributed by atoms with Crippen LogP contribution in [0.5, 0.6) is 17.2 Å². The second-order valence-corrected chi connectivity index (χ2v) is 5.68. The van der Waals surface area contributed by atoms with Crippen molar-refractivity contribution in [3.8, 4) is 17.2 Å². The van der Waals surface area contributed by atoms with Gasteiger partial charge in [-0.25, -0.2) is 0 Å². The first-order chi connectivity index (χ1) is 11.6. The van der Waals surface area contributed by atoms with Gasteiger partial charge in [0.15, 0.2) is 0 Å². The third-order valence-electron chi connectivity index (χ3n) is 3.90. The lowest BCUT2D eigenvalue weighted by Gasteiger charge is -2.14. The normalized spacial score (nSPS) is 15.4. The summed E-state index contributed by atoms with van der Waals surface area (Å²) in [6, 6.07) is 10.9. The van der Waals surface area contributed by atoms with Crippen LogP contribution in [-0.2, 0) is 6.42 Å². The third-order valence-corrected chi connectivity index (χ3v) is 3.90. The molecule has 0 radical (unpaired) electrons. The Morgan fingerprint density at radius 1 is 1.29 bits per heavy atom. The minimum Gasteiger partial charge on any atom is -0.496 e. The molecule has 5 nitrogen and oxygen atoms in total. The molecule has 24 heavy (non-hydrogen) atoms. The first-order valence-electron chi connectivity index (χ1n) is 8.03. The van der Waals surface area contributed by atoms with Crippen LogP contribution in [0.3, 0.4) is 0 Å². The average Bonchev–Trinajstić information content (AvgIpc) is 2.94. The minimum atomic E-state index is -0.251. The van der Waals surface area contributed by atoms with Crippen LogP contribution >= 0.6 is 0 Å². The number of rotatable bonds is 5. The van der Waals surface area contributed by atoms with Crippen molar-refractivity contribution >= 4 is 11.6 Å². The average molecular weight is 327 g/mol. The van der Waals surface area contributed by atoms with Crippen LogP contribution in [-0.4, -0.2) is 25.7 Å². The Morgan fingerprint density at radius 3 is 2.83 bits per heavy atom. The van der Waals surface area contributed by atoms with Gasteiger partial charge in [-0.1, -0.05) is 12.1 Å². The van der Waals surface area contributed by atoms with E-state index in [-0.39, 0.29) is 12.0 Å². The molecule has 2 aromatic carbocycles. The molecule has 0 spiro atoms. The number of amides is 1. The first-order valence-corrected chi connectivity index (χ1v) is 8.03. The Kier molecular flexibility index (Phi) is 4.60. The Labute approximate surface area is 141 Å². The van der Waals surface area contributed by atoms with Crippen LogP contribution in [0, 0.1) is 0 Å². The molecule has 3 rings (SSSR count). The summed E-state index contributed by atoms with van der Waals surface area (Å²) in [5.41, 5.74) is 2.17. The van der Waals surface area contributed by atoms with Crippen LogP contribution in [0.2, 0.25) is 0 Å². The standard InChI is InChI=1S/C19H21NO4/c1-4-23-18-10-13-9-12(2)24-17(13)11-15(18)20-19(21)14-7-5-6-8-16(14)22-3/h5-8,10-12H,4,9H2,1-3H3,(H,20,21). The van der Waals surface area contributed by atoms with Gasteiger partial charge < -0.3 is 19.5 Å². The van der Waals surface area contributed by atoms with Gasteiger partial charge in [-0.15, -0.1) is 0 Å². The van der Waals surface area contributed by atoms with Crippen LogP contribution in [0.1, 0.15) is 29.8 Å². The summed E-state index contributed by atoms with van der Waals surface area (Å²) in [6.45, 7) is 4.46. The smallest absolute Gasteiger partial charge is 0.259 e. The zero-order valence-electron chi connectivity index (χ0n) is 14.1. The highest BCUT2D eigenvalue weighted by atomic mass is 16.5. The predicted molar refractivity (Wildman–Crippen MR) is 92.4 cm³/mol. The molecule has 2 aromatic rings. The van der Waals surface area contributed by atoms with Crippen LogP contribution in [0.15, 0.2) is 36.4 Å². The lowest BCUT2D eigenvalue weighted by atomic mass is 10.1. The molecule has 0 saturated carbocycles. The van der Waals surface area contributed by atoms with Crippen molar-refractivity contribution in [2.75, 3.05) is 19.0 Å². The van der Waals surface area contributed by atoms with Gasteiger partial charge in [-0.2, -0.15) is 0 Å². The molecule has 1 aliphatic rings. The Bertz CT molecular complexity index is 757. The SMILES string of the molecule is CCOc1cc2c(cc1NC(=O)c1ccccc1OC)OC(C)C2. The van der Waals surface area contributed by atoms with Crippen molar-refractivity contribution in [3.05, 3.63) is 47.5 Å². The molecule has 5 heteroatoms. The molecule has 1 amide bonds. The first kappa shape index (κ1) is 16.2. The van der Waals surface area contributed by atoms with Gasteiger partial charge in [-0.3, -0.25) is 4.79 Å². The number of nitrogens with one attached hydrogen (secondary N) is 1. The number of ether oxygens (including phenoxy) is 3. The number of hydrogen-bond acceptors (Lipinski definition) is 4. The van der Waals surface area contributed by atoms with Crippen molar-refractivity contribution in [2.24, 2.45) is 0 Å². The van der Waals surface area contributed by atoms with E-state index in [9.17, 15) is 4.79 Å². The number of benzene rings is 2. The highest BCUT2D eigenvalue weighted by Crippen LogP contribution is 2.38. The molecule has 126 valence electrons. The summed E-state index contributed by atoms with van der Waals surface area (Å²) < 4.78 is 16.7. The van der Waals surface area contributed by atoms with Gasteiger partial charge in [0.25, 0.3) is 5.91 Å². The topological polar surface area (TPSA) is 56.8 Å². The molecule has 1 heterocycles. The molecule has 0 bridgehead atoms. The second kappa shape index (κ2) is 6.83. The van der Waals surface area contributed by atoms with Crippen LogP contribution < -0.4 is 19.5 Å². The Balaban J connectivity index is 1.91. The number of hydrogen-bond donors (Lipinski definition) is 1. The van der Waals surface area contributed by atoms with E-state index in [4.69, 9.17) is 14.2 Å². The third kappa shape index (κ3) is 3.15. The Hall–Kier alpha value is -2.69. The van der Waals surface area contributed by atoms with E-state index in [2.05, 4.69) is 5.32 Å². The summed E-state index contributed by atoms with van der Waals surface area (Å²) in [5, 5.41) is 2.91. The molecule has 1 unspecified atom stereocenters. The lowest BCUT2D eigenvalue weighted by molar-refractivity contribution is 0.102. The van der Waals surface area contributed by atoms with E-state index < -0.39 is 0 Å². The zero-order valence-corrected chi connectivity index (χ0v) is 14.1. The maximum atomic E-state index is 12.6. The number of para-hydroxylation sites is 1. The number of carbonyl (C=O) groups excluding carboxylic acids is 1. The quantitative estimate of drug-likeness (QED) is 0.910. The summed E-state index contributed by atoms with van der Waals surface area (Å²) in [4.78, 5) is 12.6. The summed E-state index contributed by atoms with van der Waals surface area (Å²) in [7, 11) is 1.54. The van der Waals surface area contributed by atoms with E-state index in [1.165, 1.54) is 0 Å². The van der Waals surface area contributed by atoms with Gasteiger partial charge in [-0.05, 0) is 32.0 Å². The second-order valence-electron chi connectivity index (χ2n) is 5.68. The molecule has 0 fully saturated rings. The monoisotopic (exact) mass is 327 g/mol. The molecular formula is C19H21NO4. The van der Waals surface area contributed by atoms with Crippen molar-refractivity contribution < 1.29 is 19.0 Å². The van der Waals surface area contributed by atoms with E-state index in [1.54, 1.807) is 25.3 Å². The molecule has 0 aromatic heterocycles. The van der Waals surface area contributed by atoms with E-state index >= 15 is 0 Å². The molecular weight excluding hydrogens is 306 g/mol. The van der Waals surface area contributed by atoms with Crippen molar-refractivity contribution in [2.45, 2.75) is 26.4 Å². The highest BCUT2D eigenvalue weighted by molar-refractivity contribution is 6.07. The fourth-order valence-electron chi connectivity index (χ4n) is 2.83. The van der Waals surface area contributed by atoms with Gasteiger partial charge in [0, 0.05) is 18.1 Å². The summed E-state index contributed by atoms with van der Waals surface area (Å²) >= 11 is 0. The highest BCUT2D eigenvalue weighted by Gasteiger charge is 2.23. The molecule has 0 saturated heterocycles. The lowest BCUT2D eigenvalue weighted by Crippen LogP contribution is -2.14. The number of anilines is 1. The molecule has 0 aliphatic carbocycles. The molecule has 1 N–H and O–H groups in total. The number of fused-ring (bicyclic) bond motifs is 1. The zero-order chi connectivity index (χ0) is 17.1. The Morgan fingerprint density at radius 2 is 2.08 bits per heavy atom. The maximum absolute atomic E-state index is 12.6. The molecule has 1 aliphatic heterocycles. The van der Waals surface area contributed by atoms with Crippen molar-refractivity contribution in [1.82, 2.24) is 0 Å². The maximum Gasteiger partial charge on any atom is 0.259 e. The predicted octanol–water partition coefficient (Wildman–Crippen LogP) is 3.67. The number of carbonyl (C=O) groups is 1. The minimum absolute atomic E-state index is 0.134. The van der Waals surface area contributed by atoms with Gasteiger partial charge in [0.2, 0.25) is 0 Å². The van der Waals surface area contributed by atoms with Crippen molar-refractivity contribution in [1.29, 1.82) is 0 Å².